The maximum Gasteiger partial charge on any atom is 0.232 e. The number of aryl methyl sites for hydroxylation is 2. The van der Waals surface area contributed by atoms with Gasteiger partial charge in [0, 0.05) is 16.1 Å². The number of nitrogens with zero attached hydrogens (tertiary/aromatic N) is 1. The zero-order chi connectivity index (χ0) is 15.1. The van der Waals surface area contributed by atoms with Crippen molar-refractivity contribution in [3.63, 3.8) is 0 Å². The van der Waals surface area contributed by atoms with Crippen molar-refractivity contribution in [1.29, 1.82) is 0 Å². The molecular formula is C16H19N3OS. The third-order valence-corrected chi connectivity index (χ3v) is 4.87. The summed E-state index contributed by atoms with van der Waals surface area (Å²) in [5, 5.41) is 3.62. The van der Waals surface area contributed by atoms with Gasteiger partial charge in [-0.2, -0.15) is 0 Å². The number of nitrogens with two attached hydrogens (primary N) is 1. The van der Waals surface area contributed by atoms with Crippen LogP contribution in [-0.4, -0.2) is 10.9 Å². The number of fused-ring (bicyclic) bond motifs is 1. The molecular weight excluding hydrogens is 282 g/mol. The second-order valence-electron chi connectivity index (χ2n) is 5.36. The lowest BCUT2D eigenvalue weighted by atomic mass is 9.92. The van der Waals surface area contributed by atoms with E-state index in [4.69, 9.17) is 5.73 Å². The minimum Gasteiger partial charge on any atom is -0.375 e. The maximum atomic E-state index is 12.1. The molecule has 1 aromatic heterocycles. The number of amides is 1. The number of nitrogen functional groups attached to an aromatic ring is 1. The highest BCUT2D eigenvalue weighted by atomic mass is 32.1. The first-order chi connectivity index (χ1) is 10.0. The summed E-state index contributed by atoms with van der Waals surface area (Å²) in [6.45, 7) is 6.18. The Labute approximate surface area is 128 Å². The fourth-order valence-corrected chi connectivity index (χ4v) is 3.72. The maximum absolute atomic E-state index is 12.1. The molecule has 0 saturated carbocycles. The van der Waals surface area contributed by atoms with Gasteiger partial charge in [-0.3, -0.25) is 4.79 Å². The van der Waals surface area contributed by atoms with Crippen LogP contribution in [0.2, 0.25) is 0 Å². The number of rotatable bonds is 3. The van der Waals surface area contributed by atoms with Crippen LogP contribution in [0.25, 0.3) is 11.3 Å². The van der Waals surface area contributed by atoms with E-state index in [1.54, 1.807) is 0 Å². The molecule has 3 N–H and O–H groups in total. The Kier molecular flexibility index (Phi) is 3.45. The Bertz CT molecular complexity index is 721. The Morgan fingerprint density at radius 2 is 2.14 bits per heavy atom. The molecule has 0 bridgehead atoms. The largest absolute Gasteiger partial charge is 0.375 e. The van der Waals surface area contributed by atoms with Gasteiger partial charge >= 0.3 is 0 Å². The number of carbonyl (C=O) groups is 1. The molecule has 1 aliphatic rings. The van der Waals surface area contributed by atoms with Gasteiger partial charge in [-0.15, -0.1) is 11.3 Å². The van der Waals surface area contributed by atoms with Crippen LogP contribution in [0.5, 0.6) is 0 Å². The van der Waals surface area contributed by atoms with Crippen LogP contribution in [0.1, 0.15) is 42.2 Å². The van der Waals surface area contributed by atoms with Crippen molar-refractivity contribution in [2.24, 2.45) is 0 Å². The van der Waals surface area contributed by atoms with E-state index in [0.29, 0.717) is 5.13 Å². The highest BCUT2D eigenvalue weighted by molar-refractivity contribution is 7.15. The Balaban J connectivity index is 2.19. The summed E-state index contributed by atoms with van der Waals surface area (Å²) in [7, 11) is 0. The fraction of sp³-hybridized carbons (Fsp3) is 0.375. The fourth-order valence-electron chi connectivity index (χ4n) is 3.01. The molecule has 2 heterocycles. The zero-order valence-electron chi connectivity index (χ0n) is 12.5. The third kappa shape index (κ3) is 2.21. The number of hydrogen-bond acceptors (Lipinski definition) is 4. The van der Waals surface area contributed by atoms with E-state index in [-0.39, 0.29) is 11.8 Å². The van der Waals surface area contributed by atoms with E-state index in [0.717, 1.165) is 45.8 Å². The van der Waals surface area contributed by atoms with E-state index in [1.807, 2.05) is 13.8 Å². The number of carbonyl (C=O) groups excluding carboxylic acids is 1. The first-order valence-corrected chi connectivity index (χ1v) is 8.07. The van der Waals surface area contributed by atoms with Gasteiger partial charge in [-0.05, 0) is 43.0 Å². The first-order valence-electron chi connectivity index (χ1n) is 7.26. The molecule has 3 rings (SSSR count). The van der Waals surface area contributed by atoms with E-state index in [9.17, 15) is 4.79 Å². The Morgan fingerprint density at radius 1 is 1.38 bits per heavy atom. The van der Waals surface area contributed by atoms with Gasteiger partial charge in [-0.25, -0.2) is 4.98 Å². The van der Waals surface area contributed by atoms with E-state index < -0.39 is 0 Å². The lowest BCUT2D eigenvalue weighted by molar-refractivity contribution is -0.117. The normalized spacial score (nSPS) is 16.9. The number of benzene rings is 1. The van der Waals surface area contributed by atoms with Crippen molar-refractivity contribution in [3.8, 4) is 11.3 Å². The molecule has 1 unspecified atom stereocenters. The van der Waals surface area contributed by atoms with E-state index >= 15 is 0 Å². The molecule has 21 heavy (non-hydrogen) atoms. The molecule has 1 atom stereocenters. The number of nitrogens with one attached hydrogen (secondary N) is 1. The van der Waals surface area contributed by atoms with Gasteiger partial charge in [0.2, 0.25) is 5.91 Å². The summed E-state index contributed by atoms with van der Waals surface area (Å²) in [6.07, 6.45) is 1.69. The van der Waals surface area contributed by atoms with Crippen molar-refractivity contribution in [3.05, 3.63) is 28.1 Å². The average Bonchev–Trinajstić information content (AvgIpc) is 2.95. The Morgan fingerprint density at radius 3 is 2.71 bits per heavy atom. The summed E-state index contributed by atoms with van der Waals surface area (Å²) >= 11 is 1.50. The summed E-state index contributed by atoms with van der Waals surface area (Å²) in [6, 6.07) is 4.22. The van der Waals surface area contributed by atoms with Crippen molar-refractivity contribution in [1.82, 2.24) is 4.98 Å². The number of hydrogen-bond donors (Lipinski definition) is 2. The smallest absolute Gasteiger partial charge is 0.232 e. The monoisotopic (exact) mass is 301 g/mol. The number of anilines is 2. The molecule has 5 heteroatoms. The second kappa shape index (κ2) is 5.15. The third-order valence-electron chi connectivity index (χ3n) is 4.07. The van der Waals surface area contributed by atoms with Crippen LogP contribution in [-0.2, 0) is 11.2 Å². The van der Waals surface area contributed by atoms with E-state index in [2.05, 4.69) is 29.4 Å². The average molecular weight is 301 g/mol. The molecule has 2 aromatic rings. The molecule has 0 radical (unpaired) electrons. The van der Waals surface area contributed by atoms with Crippen LogP contribution >= 0.6 is 11.3 Å². The van der Waals surface area contributed by atoms with Crippen molar-refractivity contribution in [2.75, 3.05) is 11.1 Å². The Hall–Kier alpha value is -1.88. The molecule has 1 amide bonds. The first kappa shape index (κ1) is 14.1. The van der Waals surface area contributed by atoms with Crippen molar-refractivity contribution >= 4 is 28.1 Å². The van der Waals surface area contributed by atoms with Crippen LogP contribution in [0.4, 0.5) is 10.8 Å². The van der Waals surface area contributed by atoms with Gasteiger partial charge in [-0.1, -0.05) is 13.8 Å². The molecule has 0 spiro atoms. The molecule has 0 saturated heterocycles. The van der Waals surface area contributed by atoms with Gasteiger partial charge in [0.15, 0.2) is 5.13 Å². The zero-order valence-corrected chi connectivity index (χ0v) is 13.3. The highest BCUT2D eigenvalue weighted by Gasteiger charge is 2.31. The minimum atomic E-state index is -0.0541. The van der Waals surface area contributed by atoms with Crippen molar-refractivity contribution < 1.29 is 4.79 Å². The van der Waals surface area contributed by atoms with Crippen LogP contribution < -0.4 is 11.1 Å². The molecule has 1 aromatic carbocycles. The quantitative estimate of drug-likeness (QED) is 0.908. The number of thiazole rings is 1. The summed E-state index contributed by atoms with van der Waals surface area (Å²) in [4.78, 5) is 17.7. The molecule has 0 aliphatic carbocycles. The van der Waals surface area contributed by atoms with Gasteiger partial charge in [0.05, 0.1) is 11.6 Å². The highest BCUT2D eigenvalue weighted by Crippen LogP contribution is 2.41. The minimum absolute atomic E-state index is 0.0541. The predicted octanol–water partition coefficient (Wildman–Crippen LogP) is 3.71. The van der Waals surface area contributed by atoms with Gasteiger partial charge in [0.25, 0.3) is 0 Å². The summed E-state index contributed by atoms with van der Waals surface area (Å²) < 4.78 is 0. The molecule has 110 valence electrons. The standard InChI is InChI=1S/C16H19N3OS/c1-4-9-6-10(13-8(3)21-16(17)19-13)7-12-11(5-2)15(20)18-14(9)12/h6-7,11H,4-5H2,1-3H3,(H2,17,19)(H,18,20). The summed E-state index contributed by atoms with van der Waals surface area (Å²) in [5.74, 6) is 0.0513. The van der Waals surface area contributed by atoms with Gasteiger partial charge < -0.3 is 11.1 Å². The topological polar surface area (TPSA) is 68.0 Å². The van der Waals surface area contributed by atoms with Crippen molar-refractivity contribution in [2.45, 2.75) is 39.5 Å². The molecule has 0 fully saturated rings. The predicted molar refractivity (Wildman–Crippen MR) is 87.7 cm³/mol. The summed E-state index contributed by atoms with van der Waals surface area (Å²) in [5.41, 5.74) is 11.1. The van der Waals surface area contributed by atoms with Gasteiger partial charge in [0.1, 0.15) is 0 Å². The van der Waals surface area contributed by atoms with Crippen LogP contribution in [0, 0.1) is 6.92 Å². The lowest BCUT2D eigenvalue weighted by Crippen LogP contribution is -2.10. The van der Waals surface area contributed by atoms with Crippen LogP contribution in [0.3, 0.4) is 0 Å². The lowest BCUT2D eigenvalue weighted by Gasteiger charge is -2.11. The molecule has 1 aliphatic heterocycles. The van der Waals surface area contributed by atoms with E-state index in [1.165, 1.54) is 11.3 Å². The second-order valence-corrected chi connectivity index (χ2v) is 6.59. The number of aromatic nitrogens is 1. The SMILES string of the molecule is CCc1cc(-c2nc(N)sc2C)cc2c1NC(=O)C2CC. The van der Waals surface area contributed by atoms with Crippen LogP contribution in [0.15, 0.2) is 12.1 Å². The molecule has 4 nitrogen and oxygen atoms in total.